The number of nitrogens with zero attached hydrogens (tertiary/aromatic N) is 1. The monoisotopic (exact) mass is 942 g/mol. The zero-order chi connectivity index (χ0) is 47.0. The van der Waals surface area contributed by atoms with Crippen LogP contribution in [0.1, 0.15) is 32.1 Å². The molecular weight excluding hydrogens is 916 g/mol. The molecule has 0 fully saturated rings. The van der Waals surface area contributed by atoms with Crippen molar-refractivity contribution in [2.45, 2.75) is 109 Å². The van der Waals surface area contributed by atoms with Crippen LogP contribution in [-0.2, 0) is 19.1 Å². The van der Waals surface area contributed by atoms with Crippen molar-refractivity contribution in [1.29, 1.82) is 0 Å². The van der Waals surface area contributed by atoms with Gasteiger partial charge >= 0.3 is 83.5 Å². The standard InChI is InChI=1S/C26H26F26NO4S/c1-53(2,3)11-58-12(14(55)57-9-5-7-16(29,30)18(33,34)20(37,38)22(41,42)24(45,46)26(50,51)52)10-13(54)56-8-4-6-15(27,28)17(31,32)19(35,36)21(39,40)23(43,44)25(47,48)49/h12H,4-11H2,1-3H3/q+1. The highest BCUT2D eigenvalue weighted by atomic mass is 32.2. The number of halogens is 26. The minimum absolute atomic E-state index is 0.140. The predicted molar refractivity (Wildman–Crippen MR) is 141 cm³/mol. The van der Waals surface area contributed by atoms with Crippen LogP contribution in [0.25, 0.3) is 0 Å². The van der Waals surface area contributed by atoms with E-state index in [-0.39, 0.29) is 10.4 Å². The van der Waals surface area contributed by atoms with Crippen LogP contribution in [0.15, 0.2) is 0 Å². The van der Waals surface area contributed by atoms with Crippen molar-refractivity contribution < 1.29 is 138 Å². The quantitative estimate of drug-likeness (QED) is 0.0356. The first-order valence-electron chi connectivity index (χ1n) is 14.7. The zero-order valence-corrected chi connectivity index (χ0v) is 29.4. The number of alkyl halides is 26. The minimum Gasteiger partial charge on any atom is -0.466 e. The molecule has 0 aliphatic rings. The van der Waals surface area contributed by atoms with Crippen molar-refractivity contribution in [3.63, 3.8) is 0 Å². The molecule has 0 bridgehead atoms. The number of rotatable bonds is 22. The van der Waals surface area contributed by atoms with Crippen molar-refractivity contribution in [1.82, 2.24) is 0 Å². The number of quaternary nitrogens is 1. The van der Waals surface area contributed by atoms with E-state index in [1.807, 2.05) is 0 Å². The highest BCUT2D eigenvalue weighted by Crippen LogP contribution is 2.62. The molecule has 0 aromatic carbocycles. The Morgan fingerprint density at radius 2 is 0.759 bits per heavy atom. The molecule has 0 aromatic rings. The maximum Gasteiger partial charge on any atom is 0.460 e. The summed E-state index contributed by atoms with van der Waals surface area (Å²) in [5, 5.41) is -1.96. The first-order chi connectivity index (χ1) is 25.1. The molecule has 58 heavy (non-hydrogen) atoms. The Labute approximate surface area is 311 Å². The minimum atomic E-state index is -8.18. The molecule has 0 amide bonds. The van der Waals surface area contributed by atoms with E-state index in [0.29, 0.717) is 11.8 Å². The van der Waals surface area contributed by atoms with E-state index >= 15 is 0 Å². The van der Waals surface area contributed by atoms with Crippen LogP contribution in [0, 0.1) is 0 Å². The van der Waals surface area contributed by atoms with Crippen molar-refractivity contribution in [2.75, 3.05) is 40.2 Å². The second-order valence-corrected chi connectivity index (χ2v) is 14.0. The van der Waals surface area contributed by atoms with Gasteiger partial charge in [-0.25, -0.2) is 0 Å². The van der Waals surface area contributed by atoms with Gasteiger partial charge in [0, 0.05) is 12.8 Å². The first kappa shape index (κ1) is 55.4. The molecule has 0 N–H and O–H groups in total. The number of carbonyl (C=O) groups is 2. The van der Waals surface area contributed by atoms with Gasteiger partial charge in [-0.1, -0.05) is 11.8 Å². The Morgan fingerprint density at radius 3 is 1.05 bits per heavy atom. The molecule has 1 atom stereocenters. The molecule has 0 rings (SSSR count). The normalized spacial score (nSPS) is 16.0. The Kier molecular flexibility index (Phi) is 16.3. The van der Waals surface area contributed by atoms with Gasteiger partial charge in [-0.05, 0) is 12.8 Å². The zero-order valence-electron chi connectivity index (χ0n) is 28.5. The van der Waals surface area contributed by atoms with Gasteiger partial charge in [0.1, 0.15) is 11.1 Å². The topological polar surface area (TPSA) is 52.6 Å². The summed E-state index contributed by atoms with van der Waals surface area (Å²) in [6.07, 6.45) is -25.8. The summed E-state index contributed by atoms with van der Waals surface area (Å²) in [5.74, 6) is -80.7. The highest BCUT2D eigenvalue weighted by molar-refractivity contribution is 8.00. The van der Waals surface area contributed by atoms with E-state index in [2.05, 4.69) is 9.47 Å². The van der Waals surface area contributed by atoms with Gasteiger partial charge in [-0.2, -0.15) is 114 Å². The SMILES string of the molecule is C[N+](C)(C)CSC(CC(=O)OCCCC(F)(F)C(F)(F)C(F)(F)C(F)(F)C(F)(F)C(F)(F)F)C(=O)OCCCC(F)(F)C(F)(F)C(F)(F)C(F)(F)C(F)(F)C(F)(F)F. The molecular formula is C26H26F26NO4S+. The average Bonchev–Trinajstić information content (AvgIpc) is 3.00. The number of hydrogen-bond donors (Lipinski definition) is 0. The fraction of sp³-hybridized carbons (Fsp3) is 0.923. The van der Waals surface area contributed by atoms with Gasteiger partial charge < -0.3 is 14.0 Å². The molecule has 0 radical (unpaired) electrons. The molecule has 5 nitrogen and oxygen atoms in total. The largest absolute Gasteiger partial charge is 0.466 e. The van der Waals surface area contributed by atoms with Crippen molar-refractivity contribution >= 4 is 23.7 Å². The third-order valence-electron chi connectivity index (χ3n) is 7.05. The highest BCUT2D eigenvalue weighted by Gasteiger charge is 2.92. The summed E-state index contributed by atoms with van der Waals surface area (Å²) >= 11 is 0.367. The van der Waals surface area contributed by atoms with Gasteiger partial charge in [0.15, 0.2) is 0 Å². The lowest BCUT2D eigenvalue weighted by molar-refractivity contribution is -0.857. The van der Waals surface area contributed by atoms with Crippen LogP contribution < -0.4 is 0 Å². The van der Waals surface area contributed by atoms with Crippen LogP contribution in [0.2, 0.25) is 0 Å². The van der Waals surface area contributed by atoms with Crippen molar-refractivity contribution in [3.05, 3.63) is 0 Å². The lowest BCUT2D eigenvalue weighted by Crippen LogP contribution is -2.70. The van der Waals surface area contributed by atoms with Gasteiger partial charge in [0.25, 0.3) is 0 Å². The second-order valence-electron chi connectivity index (χ2n) is 12.9. The Morgan fingerprint density at radius 1 is 0.466 bits per heavy atom. The molecule has 346 valence electrons. The molecule has 0 aromatic heterocycles. The fourth-order valence-electron chi connectivity index (χ4n) is 3.69. The van der Waals surface area contributed by atoms with Gasteiger partial charge in [-0.3, -0.25) is 9.59 Å². The van der Waals surface area contributed by atoms with Crippen LogP contribution in [0.4, 0.5) is 114 Å². The summed E-state index contributed by atoms with van der Waals surface area (Å²) in [6, 6.07) is 0. The maximum atomic E-state index is 14.0. The van der Waals surface area contributed by atoms with E-state index in [4.69, 9.17) is 0 Å². The number of ether oxygens (including phenoxy) is 2. The molecule has 32 heteroatoms. The van der Waals surface area contributed by atoms with E-state index in [1.54, 1.807) is 0 Å². The number of hydrogen-bond acceptors (Lipinski definition) is 5. The lowest BCUT2D eigenvalue weighted by Gasteiger charge is -2.39. The van der Waals surface area contributed by atoms with Crippen LogP contribution in [0.3, 0.4) is 0 Å². The summed E-state index contributed by atoms with van der Waals surface area (Å²) in [4.78, 5) is 24.6. The molecule has 0 saturated carbocycles. The predicted octanol–water partition coefficient (Wildman–Crippen LogP) is 10.3. The first-order valence-corrected chi connectivity index (χ1v) is 15.8. The Hall–Kier alpha value is -2.57. The number of carbonyl (C=O) groups excluding carboxylic acids is 2. The summed E-state index contributed by atoms with van der Waals surface area (Å²) in [7, 11) is 4.17. The van der Waals surface area contributed by atoms with Gasteiger partial charge in [0.2, 0.25) is 0 Å². The third kappa shape index (κ3) is 10.7. The Balaban J connectivity index is 5.75. The van der Waals surface area contributed by atoms with Crippen molar-refractivity contribution in [3.8, 4) is 0 Å². The van der Waals surface area contributed by atoms with Gasteiger partial charge in [-0.15, -0.1) is 0 Å². The summed E-state index contributed by atoms with van der Waals surface area (Å²) in [5.41, 5.74) is 0. The maximum absolute atomic E-state index is 14.0. The van der Waals surface area contributed by atoms with Crippen LogP contribution in [0.5, 0.6) is 0 Å². The van der Waals surface area contributed by atoms with Crippen molar-refractivity contribution in [2.24, 2.45) is 0 Å². The second kappa shape index (κ2) is 17.1. The smallest absolute Gasteiger partial charge is 0.460 e. The number of thioether (sulfide) groups is 1. The fourth-order valence-corrected chi connectivity index (χ4v) is 4.78. The van der Waals surface area contributed by atoms with Gasteiger partial charge in [0.05, 0.1) is 40.8 Å². The molecule has 0 saturated heterocycles. The van der Waals surface area contributed by atoms with E-state index in [0.717, 1.165) is 0 Å². The molecule has 0 heterocycles. The third-order valence-corrected chi connectivity index (χ3v) is 8.74. The Bertz CT molecular complexity index is 1400. The number of esters is 2. The molecule has 0 spiro atoms. The molecule has 0 aliphatic heterocycles. The van der Waals surface area contributed by atoms with Crippen LogP contribution >= 0.6 is 11.8 Å². The summed E-state index contributed by atoms with van der Waals surface area (Å²) < 4.78 is 352. The van der Waals surface area contributed by atoms with Crippen LogP contribution in [-0.4, -0.2) is 133 Å². The van der Waals surface area contributed by atoms with E-state index in [1.165, 1.54) is 21.1 Å². The van der Waals surface area contributed by atoms with E-state index < -0.39 is 134 Å². The molecule has 0 aliphatic carbocycles. The summed E-state index contributed by atoms with van der Waals surface area (Å²) in [6.45, 7) is -3.21. The van der Waals surface area contributed by atoms with E-state index in [9.17, 15) is 124 Å². The average molecular weight is 943 g/mol. The lowest BCUT2D eigenvalue weighted by atomic mass is 9.92. The molecule has 1 unspecified atom stereocenters.